The van der Waals surface area contributed by atoms with Crippen molar-refractivity contribution < 1.29 is 28.9 Å². The minimum atomic E-state index is -0.978. The summed E-state index contributed by atoms with van der Waals surface area (Å²) in [5.74, 6) is -1.01. The summed E-state index contributed by atoms with van der Waals surface area (Å²) >= 11 is 12.2. The Kier molecular flexibility index (Phi) is 7.37. The zero-order chi connectivity index (χ0) is 26.0. The van der Waals surface area contributed by atoms with E-state index in [1.807, 2.05) is 0 Å². The molecule has 0 bridgehead atoms. The number of amides is 1. The van der Waals surface area contributed by atoms with E-state index >= 15 is 0 Å². The number of Topliss-reactive ketones (excluding diaryl/α,β-unsaturated/α-hetero) is 1. The molecule has 8 nitrogen and oxygen atoms in total. The number of benzene rings is 2. The molecule has 1 aliphatic rings. The lowest BCUT2D eigenvalue weighted by Gasteiger charge is -2.26. The van der Waals surface area contributed by atoms with Crippen molar-refractivity contribution in [3.8, 4) is 17.2 Å². The Bertz CT molecular complexity index is 1330. The van der Waals surface area contributed by atoms with Gasteiger partial charge in [0.2, 0.25) is 5.75 Å². The second-order valence-electron chi connectivity index (χ2n) is 7.88. The molecule has 3 aromatic rings. The van der Waals surface area contributed by atoms with E-state index in [2.05, 4.69) is 4.98 Å². The quantitative estimate of drug-likeness (QED) is 0.260. The Morgan fingerprint density at radius 3 is 2.25 bits per heavy atom. The van der Waals surface area contributed by atoms with Gasteiger partial charge in [-0.25, -0.2) is 0 Å². The molecule has 1 atom stereocenters. The predicted octanol–water partition coefficient (Wildman–Crippen LogP) is 5.04. The molecular formula is C26H22Cl2N2O6. The maximum absolute atomic E-state index is 13.3. The fourth-order valence-electron chi connectivity index (χ4n) is 4.14. The van der Waals surface area contributed by atoms with E-state index < -0.39 is 17.7 Å². The first-order valence-electron chi connectivity index (χ1n) is 10.7. The number of carbonyl (C=O) groups excluding carboxylic acids is 2. The number of methoxy groups -OCH3 is 3. The van der Waals surface area contributed by atoms with Crippen molar-refractivity contribution in [3.05, 3.63) is 87.2 Å². The number of aromatic nitrogens is 1. The number of halogens is 2. The maximum Gasteiger partial charge on any atom is 0.295 e. The summed E-state index contributed by atoms with van der Waals surface area (Å²) in [6.07, 6.45) is 3.21. The fourth-order valence-corrected chi connectivity index (χ4v) is 4.43. The second kappa shape index (κ2) is 10.5. The maximum atomic E-state index is 13.3. The van der Waals surface area contributed by atoms with Crippen LogP contribution in [0.1, 0.15) is 22.7 Å². The number of likely N-dealkylation sites (tertiary alicyclic amines) is 1. The highest BCUT2D eigenvalue weighted by Gasteiger charge is 2.46. The van der Waals surface area contributed by atoms with E-state index in [-0.39, 0.29) is 33.5 Å². The number of ketones is 1. The lowest BCUT2D eigenvalue weighted by atomic mass is 9.94. The van der Waals surface area contributed by atoms with Crippen molar-refractivity contribution in [2.24, 2.45) is 0 Å². The molecular weight excluding hydrogens is 507 g/mol. The van der Waals surface area contributed by atoms with Crippen LogP contribution in [0.4, 0.5) is 0 Å². The van der Waals surface area contributed by atoms with Gasteiger partial charge in [0, 0.05) is 24.5 Å². The SMILES string of the molecule is COc1cc(C2/C(=C(\O)c3ccc(Cl)c(Cl)c3)C(=O)C(=O)N2Cc2cccnc2)cc(OC)c1OC. The third-order valence-electron chi connectivity index (χ3n) is 5.81. The molecule has 1 aromatic heterocycles. The summed E-state index contributed by atoms with van der Waals surface area (Å²) in [6, 6.07) is 10.3. The summed E-state index contributed by atoms with van der Waals surface area (Å²) < 4.78 is 16.4. The minimum absolute atomic E-state index is 0.0674. The first-order chi connectivity index (χ1) is 17.3. The van der Waals surface area contributed by atoms with Gasteiger partial charge in [-0.3, -0.25) is 14.6 Å². The van der Waals surface area contributed by atoms with E-state index in [0.717, 1.165) is 0 Å². The summed E-state index contributed by atoms with van der Waals surface area (Å²) in [5.41, 5.74) is 1.29. The molecule has 1 fully saturated rings. The van der Waals surface area contributed by atoms with Gasteiger partial charge in [-0.15, -0.1) is 0 Å². The van der Waals surface area contributed by atoms with Crippen LogP contribution in [0.25, 0.3) is 5.76 Å². The number of aliphatic hydroxyl groups is 1. The second-order valence-corrected chi connectivity index (χ2v) is 8.69. The highest BCUT2D eigenvalue weighted by molar-refractivity contribution is 6.46. The average Bonchev–Trinajstić information content (AvgIpc) is 3.14. The first kappa shape index (κ1) is 25.3. The third kappa shape index (κ3) is 4.57. The van der Waals surface area contributed by atoms with E-state index in [1.165, 1.54) is 44.4 Å². The van der Waals surface area contributed by atoms with Gasteiger partial charge in [-0.2, -0.15) is 0 Å². The van der Waals surface area contributed by atoms with Crippen molar-refractivity contribution >= 4 is 40.7 Å². The van der Waals surface area contributed by atoms with Crippen molar-refractivity contribution in [1.82, 2.24) is 9.88 Å². The Labute approximate surface area is 217 Å². The minimum Gasteiger partial charge on any atom is -0.507 e. The third-order valence-corrected chi connectivity index (χ3v) is 6.55. The molecule has 36 heavy (non-hydrogen) atoms. The Morgan fingerprint density at radius 1 is 1.00 bits per heavy atom. The smallest absolute Gasteiger partial charge is 0.295 e. The summed E-state index contributed by atoms with van der Waals surface area (Å²) in [6.45, 7) is 0.0674. The first-order valence-corrected chi connectivity index (χ1v) is 11.5. The van der Waals surface area contributed by atoms with Crippen LogP contribution >= 0.6 is 23.2 Å². The number of hydrogen-bond donors (Lipinski definition) is 1. The van der Waals surface area contributed by atoms with Gasteiger partial charge in [0.05, 0.1) is 43.0 Å². The van der Waals surface area contributed by atoms with Crippen LogP contribution in [0.5, 0.6) is 17.2 Å². The highest BCUT2D eigenvalue weighted by Crippen LogP contribution is 2.46. The zero-order valence-electron chi connectivity index (χ0n) is 19.6. The number of ether oxygens (including phenoxy) is 3. The number of aliphatic hydroxyl groups excluding tert-OH is 1. The monoisotopic (exact) mass is 528 g/mol. The van der Waals surface area contributed by atoms with Gasteiger partial charge in [0.25, 0.3) is 11.7 Å². The highest BCUT2D eigenvalue weighted by atomic mass is 35.5. The van der Waals surface area contributed by atoms with Crippen LogP contribution < -0.4 is 14.2 Å². The predicted molar refractivity (Wildman–Crippen MR) is 135 cm³/mol. The van der Waals surface area contributed by atoms with Crippen molar-refractivity contribution in [2.75, 3.05) is 21.3 Å². The Hall–Kier alpha value is -3.75. The van der Waals surface area contributed by atoms with Crippen LogP contribution in [0.2, 0.25) is 10.0 Å². The molecule has 1 unspecified atom stereocenters. The van der Waals surface area contributed by atoms with Gasteiger partial charge >= 0.3 is 0 Å². The van der Waals surface area contributed by atoms with Crippen LogP contribution in [0.15, 0.2) is 60.4 Å². The van der Waals surface area contributed by atoms with Crippen LogP contribution in [0.3, 0.4) is 0 Å². The number of carbonyl (C=O) groups is 2. The van der Waals surface area contributed by atoms with Crippen LogP contribution in [0, 0.1) is 0 Å². The van der Waals surface area contributed by atoms with E-state index in [9.17, 15) is 14.7 Å². The molecule has 186 valence electrons. The molecule has 0 saturated carbocycles. The van der Waals surface area contributed by atoms with Gasteiger partial charge < -0.3 is 24.2 Å². The Balaban J connectivity index is 1.96. The molecule has 4 rings (SSSR count). The van der Waals surface area contributed by atoms with E-state index in [4.69, 9.17) is 37.4 Å². The van der Waals surface area contributed by atoms with Crippen molar-refractivity contribution in [2.45, 2.75) is 12.6 Å². The molecule has 1 amide bonds. The van der Waals surface area contributed by atoms with Gasteiger partial charge in [-0.05, 0) is 47.5 Å². The lowest BCUT2D eigenvalue weighted by molar-refractivity contribution is -0.140. The topological polar surface area (TPSA) is 98.2 Å². The number of nitrogens with zero attached hydrogens (tertiary/aromatic N) is 2. The molecule has 10 heteroatoms. The van der Waals surface area contributed by atoms with Gasteiger partial charge in [0.15, 0.2) is 11.5 Å². The Morgan fingerprint density at radius 2 is 1.69 bits per heavy atom. The lowest BCUT2D eigenvalue weighted by Crippen LogP contribution is -2.29. The molecule has 1 saturated heterocycles. The molecule has 1 N–H and O–H groups in total. The summed E-state index contributed by atoms with van der Waals surface area (Å²) in [4.78, 5) is 32.0. The van der Waals surface area contributed by atoms with Crippen molar-refractivity contribution in [1.29, 1.82) is 0 Å². The van der Waals surface area contributed by atoms with Crippen LogP contribution in [-0.4, -0.2) is 48.0 Å². The average molecular weight is 529 g/mol. The van der Waals surface area contributed by atoms with E-state index in [1.54, 1.807) is 36.7 Å². The normalized spacial score (nSPS) is 16.8. The number of pyridine rings is 1. The van der Waals surface area contributed by atoms with Gasteiger partial charge in [0.1, 0.15) is 5.76 Å². The zero-order valence-corrected chi connectivity index (χ0v) is 21.1. The number of rotatable bonds is 7. The molecule has 0 radical (unpaired) electrons. The van der Waals surface area contributed by atoms with Crippen molar-refractivity contribution in [3.63, 3.8) is 0 Å². The van der Waals surface area contributed by atoms with Crippen LogP contribution in [-0.2, 0) is 16.1 Å². The van der Waals surface area contributed by atoms with E-state index in [0.29, 0.717) is 28.4 Å². The molecule has 2 heterocycles. The molecule has 2 aromatic carbocycles. The standard InChI is InChI=1S/C26H22Cl2N2O6/c1-34-19-10-16(11-20(35-2)25(19)36-3)22-21(23(31)15-6-7-17(27)18(28)9-15)24(32)26(33)30(22)13-14-5-4-8-29-12-14/h4-12,22,31H,13H2,1-3H3/b23-21+. The fraction of sp³-hybridized carbons (Fsp3) is 0.192. The largest absolute Gasteiger partial charge is 0.507 e. The molecule has 1 aliphatic heterocycles. The molecule has 0 aliphatic carbocycles. The summed E-state index contributed by atoms with van der Waals surface area (Å²) in [5, 5.41) is 11.7. The van der Waals surface area contributed by atoms with Gasteiger partial charge in [-0.1, -0.05) is 29.3 Å². The molecule has 0 spiro atoms. The number of hydrogen-bond acceptors (Lipinski definition) is 7. The summed E-state index contributed by atoms with van der Waals surface area (Å²) in [7, 11) is 4.39.